The second kappa shape index (κ2) is 8.63. The van der Waals surface area contributed by atoms with Gasteiger partial charge in [-0.2, -0.15) is 0 Å². The van der Waals surface area contributed by atoms with E-state index in [1.165, 1.54) is 28.0 Å². The summed E-state index contributed by atoms with van der Waals surface area (Å²) in [7, 11) is 1.74. The molecule has 0 fully saturated rings. The topological polar surface area (TPSA) is 77.1 Å². The number of thiophene rings is 1. The zero-order valence-electron chi connectivity index (χ0n) is 18.8. The minimum atomic E-state index is -0.162. The molecule has 0 spiro atoms. The van der Waals surface area contributed by atoms with Gasteiger partial charge in [0.25, 0.3) is 11.5 Å². The van der Waals surface area contributed by atoms with E-state index in [0.29, 0.717) is 22.5 Å². The molecule has 164 valence electrons. The molecule has 0 aliphatic heterocycles. The van der Waals surface area contributed by atoms with Gasteiger partial charge in [0, 0.05) is 35.7 Å². The number of nitrogens with zero attached hydrogens (tertiary/aromatic N) is 1. The first-order valence-corrected chi connectivity index (χ1v) is 11.5. The van der Waals surface area contributed by atoms with Gasteiger partial charge in [0.15, 0.2) is 0 Å². The number of anilines is 1. The molecule has 0 unspecified atom stereocenters. The second-order valence-corrected chi connectivity index (χ2v) is 9.19. The standard InChI is InChI=1S/C26H27N3O2S/c1-5-28-25(30)23-13-21-24(32-23)22(14-29(4)26(21)31)20-12-18(27)10-9-17(20)11-19-15(2)7-6-8-16(19)3/h6-10,12-14H,5,11,27H2,1-4H3,(H,28,30). The number of rotatable bonds is 5. The van der Waals surface area contributed by atoms with Gasteiger partial charge < -0.3 is 15.6 Å². The van der Waals surface area contributed by atoms with E-state index in [2.05, 4.69) is 43.4 Å². The zero-order chi connectivity index (χ0) is 23.0. The van der Waals surface area contributed by atoms with Gasteiger partial charge in [-0.3, -0.25) is 9.59 Å². The first-order chi connectivity index (χ1) is 15.3. The monoisotopic (exact) mass is 445 g/mol. The lowest BCUT2D eigenvalue weighted by Gasteiger charge is -2.16. The van der Waals surface area contributed by atoms with Crippen molar-refractivity contribution in [3.05, 3.63) is 86.1 Å². The van der Waals surface area contributed by atoms with Crippen LogP contribution >= 0.6 is 11.3 Å². The molecule has 1 amide bonds. The SMILES string of the molecule is CCNC(=O)c1cc2c(=O)n(C)cc(-c3cc(N)ccc3Cc3c(C)cccc3C)c2s1. The Hall–Kier alpha value is -3.38. The van der Waals surface area contributed by atoms with Crippen molar-refractivity contribution in [2.75, 3.05) is 12.3 Å². The van der Waals surface area contributed by atoms with Crippen LogP contribution in [0.3, 0.4) is 0 Å². The normalized spacial score (nSPS) is 11.1. The highest BCUT2D eigenvalue weighted by Gasteiger charge is 2.19. The fraction of sp³-hybridized carbons (Fsp3) is 0.231. The number of pyridine rings is 1. The number of nitrogens with two attached hydrogens (primary N) is 1. The first kappa shape index (κ1) is 21.8. The molecule has 4 aromatic rings. The molecule has 3 N–H and O–H groups in total. The van der Waals surface area contributed by atoms with Crippen LogP contribution in [-0.2, 0) is 13.5 Å². The fourth-order valence-electron chi connectivity index (χ4n) is 4.12. The number of nitrogens with one attached hydrogen (secondary N) is 1. The van der Waals surface area contributed by atoms with Crippen molar-refractivity contribution in [1.82, 2.24) is 9.88 Å². The Kier molecular flexibility index (Phi) is 5.89. The average Bonchev–Trinajstić information content (AvgIpc) is 3.20. The number of hydrogen-bond acceptors (Lipinski definition) is 4. The van der Waals surface area contributed by atoms with Crippen molar-refractivity contribution in [2.24, 2.45) is 7.05 Å². The number of carbonyl (C=O) groups excluding carboxylic acids is 1. The molecule has 0 aliphatic rings. The van der Waals surface area contributed by atoms with E-state index in [1.54, 1.807) is 17.7 Å². The Morgan fingerprint density at radius 2 is 1.81 bits per heavy atom. The molecule has 2 aromatic heterocycles. The fourth-order valence-corrected chi connectivity index (χ4v) is 5.21. The van der Waals surface area contributed by atoms with Gasteiger partial charge in [0.1, 0.15) is 0 Å². The first-order valence-electron chi connectivity index (χ1n) is 10.7. The van der Waals surface area contributed by atoms with Crippen LogP contribution in [0.5, 0.6) is 0 Å². The van der Waals surface area contributed by atoms with Gasteiger partial charge in [-0.1, -0.05) is 24.3 Å². The van der Waals surface area contributed by atoms with E-state index in [9.17, 15) is 9.59 Å². The van der Waals surface area contributed by atoms with E-state index in [1.807, 2.05) is 25.3 Å². The average molecular weight is 446 g/mol. The smallest absolute Gasteiger partial charge is 0.261 e. The van der Waals surface area contributed by atoms with Crippen LogP contribution in [0.15, 0.2) is 53.5 Å². The summed E-state index contributed by atoms with van der Waals surface area (Å²) in [5.74, 6) is -0.162. The van der Waals surface area contributed by atoms with Crippen LogP contribution in [0.2, 0.25) is 0 Å². The summed E-state index contributed by atoms with van der Waals surface area (Å²) in [6, 6.07) is 14.0. The summed E-state index contributed by atoms with van der Waals surface area (Å²) >= 11 is 1.35. The highest BCUT2D eigenvalue weighted by atomic mass is 32.1. The summed E-state index contributed by atoms with van der Waals surface area (Å²) in [5, 5.41) is 3.38. The quantitative estimate of drug-likeness (QED) is 0.433. The third-order valence-corrected chi connectivity index (χ3v) is 7.01. The Bertz CT molecular complexity index is 1380. The van der Waals surface area contributed by atoms with E-state index in [-0.39, 0.29) is 11.5 Å². The summed E-state index contributed by atoms with van der Waals surface area (Å²) in [4.78, 5) is 25.9. The number of nitrogen functional groups attached to an aromatic ring is 1. The third kappa shape index (κ3) is 3.94. The molecule has 0 bridgehead atoms. The number of carbonyl (C=O) groups is 1. The van der Waals surface area contributed by atoms with Crippen LogP contribution in [-0.4, -0.2) is 17.0 Å². The van der Waals surface area contributed by atoms with Gasteiger partial charge in [0.2, 0.25) is 0 Å². The number of aryl methyl sites for hydroxylation is 3. The molecule has 32 heavy (non-hydrogen) atoms. The second-order valence-electron chi connectivity index (χ2n) is 8.14. The minimum Gasteiger partial charge on any atom is -0.399 e. The van der Waals surface area contributed by atoms with Gasteiger partial charge in [-0.15, -0.1) is 11.3 Å². The van der Waals surface area contributed by atoms with Crippen LogP contribution in [0.1, 0.15) is 38.8 Å². The number of benzene rings is 2. The summed E-state index contributed by atoms with van der Waals surface area (Å²) in [6.07, 6.45) is 2.61. The Balaban J connectivity index is 1.95. The van der Waals surface area contributed by atoms with Crippen LogP contribution in [0.4, 0.5) is 5.69 Å². The molecular weight excluding hydrogens is 418 g/mol. The van der Waals surface area contributed by atoms with Crippen LogP contribution in [0.25, 0.3) is 21.2 Å². The highest BCUT2D eigenvalue weighted by molar-refractivity contribution is 7.21. The van der Waals surface area contributed by atoms with Crippen LogP contribution < -0.4 is 16.6 Å². The Morgan fingerprint density at radius 3 is 2.50 bits per heavy atom. The summed E-state index contributed by atoms with van der Waals surface area (Å²) in [6.45, 7) is 6.67. The molecule has 5 nitrogen and oxygen atoms in total. The maximum absolute atomic E-state index is 12.9. The molecule has 0 radical (unpaired) electrons. The molecule has 0 saturated heterocycles. The predicted molar refractivity (Wildman–Crippen MR) is 134 cm³/mol. The zero-order valence-corrected chi connectivity index (χ0v) is 19.6. The molecule has 0 aliphatic carbocycles. The number of fused-ring (bicyclic) bond motifs is 1. The van der Waals surface area contributed by atoms with E-state index >= 15 is 0 Å². The van der Waals surface area contributed by atoms with Crippen molar-refractivity contribution in [1.29, 1.82) is 0 Å². The van der Waals surface area contributed by atoms with Gasteiger partial charge >= 0.3 is 0 Å². The van der Waals surface area contributed by atoms with Crippen molar-refractivity contribution >= 4 is 33.0 Å². The molecule has 0 atom stereocenters. The molecule has 2 heterocycles. The Morgan fingerprint density at radius 1 is 1.09 bits per heavy atom. The van der Waals surface area contributed by atoms with Crippen LogP contribution in [0, 0.1) is 13.8 Å². The minimum absolute atomic E-state index is 0.115. The van der Waals surface area contributed by atoms with Gasteiger partial charge in [0.05, 0.1) is 10.3 Å². The number of aromatic nitrogens is 1. The lowest BCUT2D eigenvalue weighted by molar-refractivity contribution is 0.0960. The molecule has 6 heteroatoms. The molecular formula is C26H27N3O2S. The van der Waals surface area contributed by atoms with E-state index < -0.39 is 0 Å². The van der Waals surface area contributed by atoms with Gasteiger partial charge in [-0.05, 0) is 73.2 Å². The molecule has 2 aromatic carbocycles. The van der Waals surface area contributed by atoms with Crippen molar-refractivity contribution in [3.63, 3.8) is 0 Å². The lowest BCUT2D eigenvalue weighted by Crippen LogP contribution is -2.21. The van der Waals surface area contributed by atoms with E-state index in [4.69, 9.17) is 5.73 Å². The van der Waals surface area contributed by atoms with Gasteiger partial charge in [-0.25, -0.2) is 0 Å². The molecule has 4 rings (SSSR count). The third-order valence-electron chi connectivity index (χ3n) is 5.85. The largest absolute Gasteiger partial charge is 0.399 e. The van der Waals surface area contributed by atoms with Crippen molar-refractivity contribution in [3.8, 4) is 11.1 Å². The lowest BCUT2D eigenvalue weighted by atomic mass is 9.91. The maximum Gasteiger partial charge on any atom is 0.261 e. The summed E-state index contributed by atoms with van der Waals surface area (Å²) in [5.41, 5.74) is 13.5. The maximum atomic E-state index is 12.9. The Labute approximate surface area is 191 Å². The van der Waals surface area contributed by atoms with E-state index in [0.717, 1.165) is 27.8 Å². The number of hydrogen-bond donors (Lipinski definition) is 2. The highest BCUT2D eigenvalue weighted by Crippen LogP contribution is 2.37. The predicted octanol–water partition coefficient (Wildman–Crippen LogP) is 4.81. The summed E-state index contributed by atoms with van der Waals surface area (Å²) < 4.78 is 2.39. The van der Waals surface area contributed by atoms with Crippen molar-refractivity contribution in [2.45, 2.75) is 27.2 Å². The van der Waals surface area contributed by atoms with Crippen molar-refractivity contribution < 1.29 is 4.79 Å². The molecule has 0 saturated carbocycles. The number of amides is 1.